The molecule has 3 aromatic rings. The van der Waals surface area contributed by atoms with Crippen LogP contribution in [0.4, 0.5) is 0 Å². The Morgan fingerprint density at radius 1 is 0.960 bits per heavy atom. The fourth-order valence-electron chi connectivity index (χ4n) is 3.63. The highest BCUT2D eigenvalue weighted by atomic mass is 32.1. The van der Waals surface area contributed by atoms with Gasteiger partial charge in [-0.1, -0.05) is 61.7 Å². The standard InChI is InChI=1S/C21H23N3S/c1-22-21-23-20(24(25-21)19-10-6-3-7-11-19)18-14-12-17(13-15-18)16-8-4-2-5-9-16/h3,6-7,10-16H,2,4-5,8-9H2,1H3. The third kappa shape index (κ3) is 3.45. The summed E-state index contributed by atoms with van der Waals surface area (Å²) >= 11 is 1.58. The van der Waals surface area contributed by atoms with Crippen molar-refractivity contribution in [2.75, 3.05) is 7.05 Å². The molecule has 2 aromatic carbocycles. The molecule has 0 unspecified atom stereocenters. The van der Waals surface area contributed by atoms with E-state index < -0.39 is 0 Å². The van der Waals surface area contributed by atoms with Gasteiger partial charge in [0.05, 0.1) is 5.69 Å². The normalized spacial score (nSPS) is 16.3. The summed E-state index contributed by atoms with van der Waals surface area (Å²) in [6, 6.07) is 19.4. The fraction of sp³-hybridized carbons (Fsp3) is 0.333. The van der Waals surface area contributed by atoms with Crippen LogP contribution in [-0.4, -0.2) is 16.0 Å². The summed E-state index contributed by atoms with van der Waals surface area (Å²) in [5.41, 5.74) is 3.75. The Morgan fingerprint density at radius 2 is 1.68 bits per heavy atom. The summed E-state index contributed by atoms with van der Waals surface area (Å²) in [6.07, 6.45) is 6.80. The lowest BCUT2D eigenvalue weighted by molar-refractivity contribution is 0.443. The largest absolute Gasteiger partial charge is 0.260 e. The van der Waals surface area contributed by atoms with Gasteiger partial charge in [-0.15, -0.1) is 0 Å². The third-order valence-corrected chi connectivity index (χ3v) is 6.00. The van der Waals surface area contributed by atoms with Crippen LogP contribution in [0.3, 0.4) is 0 Å². The number of rotatable bonds is 3. The van der Waals surface area contributed by atoms with E-state index in [9.17, 15) is 0 Å². The molecule has 1 aliphatic carbocycles. The Hall–Kier alpha value is -2.20. The summed E-state index contributed by atoms with van der Waals surface area (Å²) in [7, 11) is 1.80. The molecule has 4 heteroatoms. The second-order valence-corrected chi connectivity index (χ2v) is 7.53. The van der Waals surface area contributed by atoms with Crippen LogP contribution in [0, 0.1) is 0 Å². The molecule has 1 fully saturated rings. The summed E-state index contributed by atoms with van der Waals surface area (Å²) in [5, 5.41) is 0. The molecule has 128 valence electrons. The maximum absolute atomic E-state index is 4.73. The molecular formula is C21H23N3S. The van der Waals surface area contributed by atoms with Crippen molar-refractivity contribution in [2.45, 2.75) is 38.0 Å². The zero-order valence-electron chi connectivity index (χ0n) is 14.6. The molecular weight excluding hydrogens is 326 g/mol. The molecule has 0 atom stereocenters. The molecule has 0 radical (unpaired) electrons. The molecule has 25 heavy (non-hydrogen) atoms. The van der Waals surface area contributed by atoms with E-state index in [1.807, 2.05) is 6.07 Å². The highest BCUT2D eigenvalue weighted by Crippen LogP contribution is 2.33. The van der Waals surface area contributed by atoms with E-state index in [1.165, 1.54) is 37.7 Å². The monoisotopic (exact) mass is 349 g/mol. The minimum Gasteiger partial charge on any atom is -0.260 e. The van der Waals surface area contributed by atoms with E-state index in [0.717, 1.165) is 27.8 Å². The minimum atomic E-state index is 0.737. The van der Waals surface area contributed by atoms with Crippen LogP contribution >= 0.6 is 11.5 Å². The molecule has 1 heterocycles. The van der Waals surface area contributed by atoms with Crippen molar-refractivity contribution in [1.29, 1.82) is 0 Å². The smallest absolute Gasteiger partial charge is 0.222 e. The highest BCUT2D eigenvalue weighted by molar-refractivity contribution is 7.04. The SMILES string of the molecule is CN=c1nc(-c2ccc(C3CCCCC3)cc2)n(-c2ccccc2)s1. The average Bonchev–Trinajstić information content (AvgIpc) is 3.14. The first-order valence-electron chi connectivity index (χ1n) is 9.04. The zero-order chi connectivity index (χ0) is 17.1. The van der Waals surface area contributed by atoms with Gasteiger partial charge in [0.15, 0.2) is 5.82 Å². The molecule has 3 nitrogen and oxygen atoms in total. The zero-order valence-corrected chi connectivity index (χ0v) is 15.4. The molecule has 0 bridgehead atoms. The molecule has 0 amide bonds. The first-order valence-corrected chi connectivity index (χ1v) is 9.81. The van der Waals surface area contributed by atoms with Gasteiger partial charge in [0.2, 0.25) is 4.80 Å². The molecule has 0 saturated heterocycles. The molecule has 1 aliphatic rings. The second kappa shape index (κ2) is 7.36. The highest BCUT2D eigenvalue weighted by Gasteiger charge is 2.16. The number of nitrogens with zero attached hydrogens (tertiary/aromatic N) is 3. The Morgan fingerprint density at radius 3 is 2.36 bits per heavy atom. The quantitative estimate of drug-likeness (QED) is 0.641. The number of hydrogen-bond acceptors (Lipinski definition) is 3. The number of aromatic nitrogens is 2. The lowest BCUT2D eigenvalue weighted by Gasteiger charge is -2.22. The second-order valence-electron chi connectivity index (χ2n) is 6.62. The Labute approximate surface area is 152 Å². The van der Waals surface area contributed by atoms with Crippen molar-refractivity contribution in [3.8, 4) is 17.1 Å². The van der Waals surface area contributed by atoms with Crippen molar-refractivity contribution >= 4 is 11.5 Å². The molecule has 0 N–H and O–H groups in total. The van der Waals surface area contributed by atoms with Gasteiger partial charge in [-0.3, -0.25) is 4.99 Å². The Kier molecular flexibility index (Phi) is 4.79. The van der Waals surface area contributed by atoms with Gasteiger partial charge >= 0.3 is 0 Å². The molecule has 1 aromatic heterocycles. The van der Waals surface area contributed by atoms with E-state index >= 15 is 0 Å². The van der Waals surface area contributed by atoms with E-state index in [2.05, 4.69) is 57.5 Å². The van der Waals surface area contributed by atoms with Crippen molar-refractivity contribution in [3.05, 3.63) is 65.0 Å². The average molecular weight is 350 g/mol. The molecule has 0 aliphatic heterocycles. The van der Waals surface area contributed by atoms with Crippen LogP contribution in [0.5, 0.6) is 0 Å². The first kappa shape index (κ1) is 16.3. The van der Waals surface area contributed by atoms with Crippen LogP contribution in [0.15, 0.2) is 59.6 Å². The van der Waals surface area contributed by atoms with Gasteiger partial charge in [0, 0.05) is 12.6 Å². The minimum absolute atomic E-state index is 0.737. The first-order chi connectivity index (χ1) is 12.3. The lowest BCUT2D eigenvalue weighted by Crippen LogP contribution is -2.04. The van der Waals surface area contributed by atoms with Gasteiger partial charge in [-0.05, 0) is 48.0 Å². The van der Waals surface area contributed by atoms with E-state index in [-0.39, 0.29) is 0 Å². The summed E-state index contributed by atoms with van der Waals surface area (Å²) in [6.45, 7) is 0. The lowest BCUT2D eigenvalue weighted by atomic mass is 9.84. The van der Waals surface area contributed by atoms with Crippen molar-refractivity contribution in [3.63, 3.8) is 0 Å². The predicted octanol–water partition coefficient (Wildman–Crippen LogP) is 5.18. The van der Waals surface area contributed by atoms with Gasteiger partial charge in [0.1, 0.15) is 0 Å². The van der Waals surface area contributed by atoms with Crippen LogP contribution in [-0.2, 0) is 0 Å². The number of hydrogen-bond donors (Lipinski definition) is 0. The molecule has 0 spiro atoms. The maximum Gasteiger partial charge on any atom is 0.222 e. The summed E-state index contributed by atoms with van der Waals surface area (Å²) in [5.74, 6) is 1.70. The molecule has 1 saturated carbocycles. The van der Waals surface area contributed by atoms with Crippen LogP contribution in [0.1, 0.15) is 43.6 Å². The van der Waals surface area contributed by atoms with Crippen LogP contribution < -0.4 is 4.80 Å². The van der Waals surface area contributed by atoms with E-state index in [4.69, 9.17) is 4.98 Å². The number of benzene rings is 2. The van der Waals surface area contributed by atoms with Gasteiger partial charge < -0.3 is 0 Å². The van der Waals surface area contributed by atoms with Crippen molar-refractivity contribution in [1.82, 2.24) is 8.94 Å². The van der Waals surface area contributed by atoms with Crippen molar-refractivity contribution < 1.29 is 0 Å². The van der Waals surface area contributed by atoms with E-state index in [1.54, 1.807) is 18.6 Å². The third-order valence-electron chi connectivity index (χ3n) is 4.99. The summed E-state index contributed by atoms with van der Waals surface area (Å²) in [4.78, 5) is 9.81. The van der Waals surface area contributed by atoms with Crippen LogP contribution in [0.25, 0.3) is 17.1 Å². The topological polar surface area (TPSA) is 30.2 Å². The van der Waals surface area contributed by atoms with Gasteiger partial charge in [-0.2, -0.15) is 4.98 Å². The Balaban J connectivity index is 1.71. The Bertz CT molecular complexity index is 885. The van der Waals surface area contributed by atoms with Crippen molar-refractivity contribution in [2.24, 2.45) is 4.99 Å². The maximum atomic E-state index is 4.73. The predicted molar refractivity (Wildman–Crippen MR) is 104 cm³/mol. The number of para-hydroxylation sites is 1. The van der Waals surface area contributed by atoms with Crippen LogP contribution in [0.2, 0.25) is 0 Å². The van der Waals surface area contributed by atoms with Gasteiger partial charge in [0.25, 0.3) is 0 Å². The van der Waals surface area contributed by atoms with E-state index in [0.29, 0.717) is 0 Å². The fourth-order valence-corrected chi connectivity index (χ4v) is 4.46. The van der Waals surface area contributed by atoms with Gasteiger partial charge in [-0.25, -0.2) is 3.96 Å². The summed E-state index contributed by atoms with van der Waals surface area (Å²) < 4.78 is 2.16. The molecule has 4 rings (SSSR count).